The number of amides is 1. The van der Waals surface area contributed by atoms with Gasteiger partial charge in [-0.1, -0.05) is 13.8 Å². The maximum absolute atomic E-state index is 12.1. The number of likely N-dealkylation sites (tertiary alicyclic amines) is 1. The third-order valence-corrected chi connectivity index (χ3v) is 3.65. The molecule has 1 aromatic rings. The van der Waals surface area contributed by atoms with Gasteiger partial charge in [0, 0.05) is 19.3 Å². The first-order chi connectivity index (χ1) is 8.06. The summed E-state index contributed by atoms with van der Waals surface area (Å²) in [6, 6.07) is 1.70. The molecule has 1 amide bonds. The highest BCUT2D eigenvalue weighted by molar-refractivity contribution is 5.76. The molecule has 2 atom stereocenters. The predicted octanol–water partition coefficient (Wildman–Crippen LogP) is 0.970. The first-order valence-electron chi connectivity index (χ1n) is 6.13. The van der Waals surface area contributed by atoms with E-state index in [1.807, 2.05) is 4.90 Å². The van der Waals surface area contributed by atoms with Crippen LogP contribution < -0.4 is 5.73 Å². The van der Waals surface area contributed by atoms with E-state index in [1.165, 1.54) is 0 Å². The first kappa shape index (κ1) is 12.0. The summed E-state index contributed by atoms with van der Waals surface area (Å²) < 4.78 is 1.60. The Hall–Kier alpha value is -1.52. The van der Waals surface area contributed by atoms with Crippen molar-refractivity contribution < 1.29 is 4.79 Å². The molecule has 1 aliphatic heterocycles. The number of nitrogen functional groups attached to an aromatic ring is 1. The number of rotatable bonds is 2. The summed E-state index contributed by atoms with van der Waals surface area (Å²) in [5.74, 6) is 1.88. The molecule has 5 nitrogen and oxygen atoms in total. The molecular weight excluding hydrogens is 216 g/mol. The molecule has 1 aromatic heterocycles. The fourth-order valence-corrected chi connectivity index (χ4v) is 2.19. The summed E-state index contributed by atoms with van der Waals surface area (Å²) in [6.45, 7) is 6.47. The van der Waals surface area contributed by atoms with E-state index in [4.69, 9.17) is 5.73 Å². The lowest BCUT2D eigenvalue weighted by Crippen LogP contribution is -2.43. The van der Waals surface area contributed by atoms with Gasteiger partial charge in [0.25, 0.3) is 0 Å². The Labute approximate surface area is 102 Å². The van der Waals surface area contributed by atoms with E-state index in [-0.39, 0.29) is 12.5 Å². The fraction of sp³-hybridized carbons (Fsp3) is 0.667. The van der Waals surface area contributed by atoms with Gasteiger partial charge in [-0.2, -0.15) is 5.10 Å². The predicted molar refractivity (Wildman–Crippen MR) is 66.2 cm³/mol. The van der Waals surface area contributed by atoms with Crippen molar-refractivity contribution in [2.45, 2.75) is 26.8 Å². The largest absolute Gasteiger partial charge is 0.382 e. The van der Waals surface area contributed by atoms with Crippen molar-refractivity contribution in [3.63, 3.8) is 0 Å². The van der Waals surface area contributed by atoms with Crippen LogP contribution in [0.25, 0.3) is 0 Å². The van der Waals surface area contributed by atoms with Crippen molar-refractivity contribution in [3.05, 3.63) is 12.3 Å². The zero-order chi connectivity index (χ0) is 12.4. The summed E-state index contributed by atoms with van der Waals surface area (Å²) in [6.07, 6.45) is 2.83. The number of anilines is 1. The number of nitrogens with two attached hydrogens (primary N) is 1. The van der Waals surface area contributed by atoms with Gasteiger partial charge in [-0.25, -0.2) is 0 Å². The molecule has 1 aliphatic rings. The van der Waals surface area contributed by atoms with Gasteiger partial charge in [-0.05, 0) is 24.3 Å². The zero-order valence-corrected chi connectivity index (χ0v) is 10.5. The number of carbonyl (C=O) groups excluding carboxylic acids is 1. The molecule has 5 heteroatoms. The number of hydrogen-bond acceptors (Lipinski definition) is 3. The molecule has 0 aliphatic carbocycles. The van der Waals surface area contributed by atoms with Crippen molar-refractivity contribution in [2.24, 2.45) is 11.8 Å². The quantitative estimate of drug-likeness (QED) is 0.832. The summed E-state index contributed by atoms with van der Waals surface area (Å²) in [5, 5.41) is 4.03. The molecule has 2 unspecified atom stereocenters. The Kier molecular flexibility index (Phi) is 3.36. The van der Waals surface area contributed by atoms with Crippen molar-refractivity contribution in [1.82, 2.24) is 14.7 Å². The van der Waals surface area contributed by atoms with Crippen LogP contribution in [0.5, 0.6) is 0 Å². The van der Waals surface area contributed by atoms with E-state index >= 15 is 0 Å². The van der Waals surface area contributed by atoms with Crippen LogP contribution in [-0.4, -0.2) is 33.7 Å². The van der Waals surface area contributed by atoms with E-state index in [2.05, 4.69) is 18.9 Å². The molecule has 0 bridgehead atoms. The molecule has 0 radical (unpaired) electrons. The van der Waals surface area contributed by atoms with Crippen LogP contribution in [0.2, 0.25) is 0 Å². The summed E-state index contributed by atoms with van der Waals surface area (Å²) in [4.78, 5) is 14.0. The smallest absolute Gasteiger partial charge is 0.244 e. The Morgan fingerprint density at radius 3 is 2.88 bits per heavy atom. The van der Waals surface area contributed by atoms with Crippen molar-refractivity contribution >= 4 is 11.7 Å². The molecule has 2 heterocycles. The maximum Gasteiger partial charge on any atom is 0.244 e. The highest BCUT2D eigenvalue weighted by Crippen LogP contribution is 2.22. The minimum atomic E-state index is 0.131. The van der Waals surface area contributed by atoms with Gasteiger partial charge >= 0.3 is 0 Å². The zero-order valence-electron chi connectivity index (χ0n) is 10.5. The van der Waals surface area contributed by atoms with Gasteiger partial charge in [-0.15, -0.1) is 0 Å². The van der Waals surface area contributed by atoms with Crippen molar-refractivity contribution in [3.8, 4) is 0 Å². The molecule has 94 valence electrons. The first-order valence-corrected chi connectivity index (χ1v) is 6.13. The van der Waals surface area contributed by atoms with E-state index in [0.717, 1.165) is 19.5 Å². The Morgan fingerprint density at radius 2 is 2.29 bits per heavy atom. The van der Waals surface area contributed by atoms with Crippen LogP contribution in [0.4, 0.5) is 5.82 Å². The fourth-order valence-electron chi connectivity index (χ4n) is 2.19. The normalized spacial score (nSPS) is 24.9. The van der Waals surface area contributed by atoms with Crippen LogP contribution >= 0.6 is 0 Å². The molecular formula is C12H20N4O. The number of carbonyl (C=O) groups is 1. The third kappa shape index (κ3) is 2.78. The van der Waals surface area contributed by atoms with Gasteiger partial charge in [0.2, 0.25) is 5.91 Å². The summed E-state index contributed by atoms with van der Waals surface area (Å²) in [7, 11) is 0. The highest BCUT2D eigenvalue weighted by Gasteiger charge is 2.25. The van der Waals surface area contributed by atoms with E-state index in [0.29, 0.717) is 17.7 Å². The molecule has 17 heavy (non-hydrogen) atoms. The average Bonchev–Trinajstić information content (AvgIpc) is 2.68. The van der Waals surface area contributed by atoms with Crippen LogP contribution in [0.15, 0.2) is 12.3 Å². The lowest BCUT2D eigenvalue weighted by molar-refractivity contribution is -0.134. The Bertz CT molecular complexity index is 401. The molecule has 1 fully saturated rings. The van der Waals surface area contributed by atoms with Gasteiger partial charge in [0.1, 0.15) is 12.4 Å². The minimum Gasteiger partial charge on any atom is -0.382 e. The minimum absolute atomic E-state index is 0.131. The van der Waals surface area contributed by atoms with Gasteiger partial charge < -0.3 is 10.6 Å². The monoisotopic (exact) mass is 236 g/mol. The van der Waals surface area contributed by atoms with Crippen LogP contribution in [0.3, 0.4) is 0 Å². The summed E-state index contributed by atoms with van der Waals surface area (Å²) >= 11 is 0. The number of aromatic nitrogens is 2. The lowest BCUT2D eigenvalue weighted by atomic mass is 9.89. The Balaban J connectivity index is 1.92. The van der Waals surface area contributed by atoms with E-state index in [9.17, 15) is 4.79 Å². The number of piperidine rings is 1. The highest BCUT2D eigenvalue weighted by atomic mass is 16.2. The maximum atomic E-state index is 12.1. The van der Waals surface area contributed by atoms with E-state index in [1.54, 1.807) is 16.9 Å². The third-order valence-electron chi connectivity index (χ3n) is 3.65. The topological polar surface area (TPSA) is 64.2 Å². The number of nitrogens with zero attached hydrogens (tertiary/aromatic N) is 3. The SMILES string of the molecule is CC1CCN(C(=O)Cn2ccc(N)n2)CC1C. The van der Waals surface area contributed by atoms with Crippen molar-refractivity contribution in [1.29, 1.82) is 0 Å². The number of hydrogen-bond donors (Lipinski definition) is 1. The lowest BCUT2D eigenvalue weighted by Gasteiger charge is -2.35. The van der Waals surface area contributed by atoms with Gasteiger partial charge in [0.05, 0.1) is 0 Å². The van der Waals surface area contributed by atoms with Crippen LogP contribution in [0, 0.1) is 11.8 Å². The Morgan fingerprint density at radius 1 is 1.53 bits per heavy atom. The second-order valence-corrected chi connectivity index (χ2v) is 5.02. The molecule has 2 rings (SSSR count). The summed E-state index contributed by atoms with van der Waals surface area (Å²) in [5.41, 5.74) is 5.52. The molecule has 0 spiro atoms. The second-order valence-electron chi connectivity index (χ2n) is 5.02. The molecule has 2 N–H and O–H groups in total. The average molecular weight is 236 g/mol. The standard InChI is InChI=1S/C12H20N4O/c1-9-3-5-15(7-10(9)2)12(17)8-16-6-4-11(13)14-16/h4,6,9-10H,3,5,7-8H2,1-2H3,(H2,13,14). The second kappa shape index (κ2) is 4.77. The van der Waals surface area contributed by atoms with Crippen LogP contribution in [0.1, 0.15) is 20.3 Å². The van der Waals surface area contributed by atoms with Crippen LogP contribution in [-0.2, 0) is 11.3 Å². The van der Waals surface area contributed by atoms with Gasteiger partial charge in [-0.3, -0.25) is 9.48 Å². The molecule has 0 saturated carbocycles. The van der Waals surface area contributed by atoms with E-state index < -0.39 is 0 Å². The molecule has 1 saturated heterocycles. The van der Waals surface area contributed by atoms with Crippen molar-refractivity contribution in [2.75, 3.05) is 18.8 Å². The molecule has 0 aromatic carbocycles. The van der Waals surface area contributed by atoms with Gasteiger partial charge in [0.15, 0.2) is 0 Å².